The molecule has 0 aliphatic heterocycles. The second-order valence-electron chi connectivity index (χ2n) is 5.90. The number of para-hydroxylation sites is 1. The Kier molecular flexibility index (Phi) is 4.21. The van der Waals surface area contributed by atoms with Crippen LogP contribution in [0.2, 0.25) is 0 Å². The molecule has 0 aliphatic rings. The summed E-state index contributed by atoms with van der Waals surface area (Å²) in [6, 6.07) is 13.8. The molecular weight excluding hydrogens is 346 g/mol. The number of esters is 1. The molecule has 2 heterocycles. The van der Waals surface area contributed by atoms with Crippen molar-refractivity contribution >= 4 is 16.9 Å². The number of H-pyrrole nitrogens is 1. The number of carbonyl (C=O) groups is 1. The van der Waals surface area contributed by atoms with E-state index in [2.05, 4.69) is 20.1 Å². The zero-order valence-corrected chi connectivity index (χ0v) is 14.4. The molecular formula is C19H15N5O3. The lowest BCUT2D eigenvalue weighted by molar-refractivity contribution is 0.0320. The molecule has 8 heteroatoms. The molecule has 0 amide bonds. The number of fused-ring (bicyclic) bond motifs is 1. The molecule has 0 radical (unpaired) electrons. The zero-order chi connectivity index (χ0) is 18.8. The molecule has 8 nitrogen and oxygen atoms in total. The third-order valence-electron chi connectivity index (χ3n) is 4.09. The SMILES string of the molecule is C[C@@H](OC(=O)c1ccc(-n2cncn2)cc1)c1nc2ccccc2c(=O)[nH]1. The van der Waals surface area contributed by atoms with Gasteiger partial charge in [-0.1, -0.05) is 12.1 Å². The fourth-order valence-corrected chi connectivity index (χ4v) is 2.67. The summed E-state index contributed by atoms with van der Waals surface area (Å²) in [5.41, 5.74) is 1.44. The highest BCUT2D eigenvalue weighted by Crippen LogP contribution is 2.17. The molecule has 0 saturated heterocycles. The standard InChI is InChI=1S/C19H15N5O3/c1-12(17-22-16-5-3-2-4-15(16)18(25)23-17)27-19(26)13-6-8-14(9-7-13)24-11-20-10-21-24/h2-12H,1H3,(H,22,23,25)/t12-/m1/s1. The van der Waals surface area contributed by atoms with Crippen LogP contribution in [-0.2, 0) is 4.74 Å². The molecule has 27 heavy (non-hydrogen) atoms. The van der Waals surface area contributed by atoms with Crippen molar-refractivity contribution in [2.45, 2.75) is 13.0 Å². The van der Waals surface area contributed by atoms with E-state index in [4.69, 9.17) is 4.74 Å². The van der Waals surface area contributed by atoms with E-state index in [0.717, 1.165) is 5.69 Å². The minimum absolute atomic E-state index is 0.268. The first-order valence-corrected chi connectivity index (χ1v) is 8.27. The van der Waals surface area contributed by atoms with E-state index in [0.29, 0.717) is 22.3 Å². The fraction of sp³-hybridized carbons (Fsp3) is 0.105. The van der Waals surface area contributed by atoms with Gasteiger partial charge in [0.2, 0.25) is 0 Å². The average molecular weight is 361 g/mol. The minimum Gasteiger partial charge on any atom is -0.451 e. The Balaban J connectivity index is 1.53. The van der Waals surface area contributed by atoms with E-state index in [9.17, 15) is 9.59 Å². The predicted octanol–water partition coefficient (Wildman–Crippen LogP) is 2.42. The van der Waals surface area contributed by atoms with Crippen LogP contribution in [0.1, 0.15) is 29.2 Å². The highest BCUT2D eigenvalue weighted by atomic mass is 16.5. The molecule has 1 N–H and O–H groups in total. The van der Waals surface area contributed by atoms with E-state index in [-0.39, 0.29) is 5.56 Å². The molecule has 0 aliphatic carbocycles. The number of benzene rings is 2. The third-order valence-corrected chi connectivity index (χ3v) is 4.09. The summed E-state index contributed by atoms with van der Waals surface area (Å²) in [7, 11) is 0. The summed E-state index contributed by atoms with van der Waals surface area (Å²) in [5, 5.41) is 4.52. The van der Waals surface area contributed by atoms with Crippen molar-refractivity contribution in [3.05, 3.63) is 82.9 Å². The number of hydrogen-bond acceptors (Lipinski definition) is 6. The quantitative estimate of drug-likeness (QED) is 0.560. The summed E-state index contributed by atoms with van der Waals surface area (Å²) in [6.07, 6.45) is 2.29. The fourth-order valence-electron chi connectivity index (χ4n) is 2.67. The van der Waals surface area contributed by atoms with Gasteiger partial charge in [-0.3, -0.25) is 4.79 Å². The van der Waals surface area contributed by atoms with Crippen molar-refractivity contribution in [1.82, 2.24) is 24.7 Å². The van der Waals surface area contributed by atoms with Gasteiger partial charge >= 0.3 is 5.97 Å². The van der Waals surface area contributed by atoms with Crippen molar-refractivity contribution < 1.29 is 9.53 Å². The first-order valence-electron chi connectivity index (χ1n) is 8.27. The van der Waals surface area contributed by atoms with Crippen LogP contribution in [0.15, 0.2) is 66.0 Å². The Morgan fingerprint density at radius 3 is 2.67 bits per heavy atom. The van der Waals surface area contributed by atoms with Gasteiger partial charge in [-0.15, -0.1) is 0 Å². The molecule has 4 rings (SSSR count). The van der Waals surface area contributed by atoms with Gasteiger partial charge in [-0.25, -0.2) is 19.4 Å². The number of ether oxygens (including phenoxy) is 1. The maximum Gasteiger partial charge on any atom is 0.338 e. The van der Waals surface area contributed by atoms with Crippen molar-refractivity contribution in [2.24, 2.45) is 0 Å². The monoisotopic (exact) mass is 361 g/mol. The molecule has 134 valence electrons. The summed E-state index contributed by atoms with van der Waals surface area (Å²) in [4.78, 5) is 35.5. The lowest BCUT2D eigenvalue weighted by Gasteiger charge is -2.13. The normalized spacial score (nSPS) is 12.0. The molecule has 4 aromatic rings. The van der Waals surface area contributed by atoms with Crippen molar-refractivity contribution in [1.29, 1.82) is 0 Å². The number of rotatable bonds is 4. The molecule has 0 unspecified atom stereocenters. The Morgan fingerprint density at radius 2 is 1.93 bits per heavy atom. The summed E-state index contributed by atoms with van der Waals surface area (Å²) in [6.45, 7) is 1.66. The molecule has 0 saturated carbocycles. The number of carbonyl (C=O) groups excluding carboxylic acids is 1. The van der Waals surface area contributed by atoms with Crippen LogP contribution in [0.5, 0.6) is 0 Å². The lowest BCUT2D eigenvalue weighted by atomic mass is 10.2. The van der Waals surface area contributed by atoms with E-state index < -0.39 is 12.1 Å². The maximum absolute atomic E-state index is 12.4. The largest absolute Gasteiger partial charge is 0.451 e. The Bertz CT molecular complexity index is 1150. The number of nitrogens with one attached hydrogen (secondary N) is 1. The zero-order valence-electron chi connectivity index (χ0n) is 14.4. The minimum atomic E-state index is -0.704. The highest BCUT2D eigenvalue weighted by molar-refractivity contribution is 5.89. The van der Waals surface area contributed by atoms with Crippen molar-refractivity contribution in [3.63, 3.8) is 0 Å². The van der Waals surface area contributed by atoms with Crippen molar-refractivity contribution in [3.8, 4) is 5.69 Å². The number of aromatic amines is 1. The Hall–Kier alpha value is -3.81. The molecule has 2 aromatic carbocycles. The summed E-state index contributed by atoms with van der Waals surface area (Å²) in [5.74, 6) is -0.213. The second-order valence-corrected chi connectivity index (χ2v) is 5.90. The number of aromatic nitrogens is 5. The van der Waals surface area contributed by atoms with E-state index in [1.165, 1.54) is 6.33 Å². The molecule has 0 bridgehead atoms. The number of hydrogen-bond donors (Lipinski definition) is 1. The first-order chi connectivity index (χ1) is 13.1. The van der Waals surface area contributed by atoms with Gasteiger partial charge in [0.15, 0.2) is 11.9 Å². The van der Waals surface area contributed by atoms with Crippen LogP contribution < -0.4 is 5.56 Å². The first kappa shape index (κ1) is 16.6. The molecule has 0 fully saturated rings. The van der Waals surface area contributed by atoms with Crippen LogP contribution in [0.4, 0.5) is 0 Å². The topological polar surface area (TPSA) is 103 Å². The lowest BCUT2D eigenvalue weighted by Crippen LogP contribution is -2.17. The van der Waals surface area contributed by atoms with E-state index in [1.807, 2.05) is 0 Å². The van der Waals surface area contributed by atoms with Crippen LogP contribution in [0, 0.1) is 0 Å². The van der Waals surface area contributed by atoms with Gasteiger partial charge in [0.05, 0.1) is 22.2 Å². The smallest absolute Gasteiger partial charge is 0.338 e. The molecule has 0 spiro atoms. The summed E-state index contributed by atoms with van der Waals surface area (Å²) < 4.78 is 7.04. The van der Waals surface area contributed by atoms with Crippen LogP contribution >= 0.6 is 0 Å². The molecule has 1 atom stereocenters. The van der Waals surface area contributed by atoms with Gasteiger partial charge in [0.25, 0.3) is 5.56 Å². The number of nitrogens with zero attached hydrogens (tertiary/aromatic N) is 4. The molecule has 2 aromatic heterocycles. The van der Waals surface area contributed by atoms with Gasteiger partial charge in [-0.05, 0) is 43.3 Å². The highest BCUT2D eigenvalue weighted by Gasteiger charge is 2.17. The Labute approximate surface area is 153 Å². The summed E-state index contributed by atoms with van der Waals surface area (Å²) >= 11 is 0. The predicted molar refractivity (Wildman–Crippen MR) is 97.6 cm³/mol. The van der Waals surface area contributed by atoms with Crippen LogP contribution in [-0.4, -0.2) is 30.7 Å². The Morgan fingerprint density at radius 1 is 1.15 bits per heavy atom. The van der Waals surface area contributed by atoms with Gasteiger partial charge < -0.3 is 9.72 Å². The van der Waals surface area contributed by atoms with Gasteiger partial charge in [0.1, 0.15) is 12.7 Å². The van der Waals surface area contributed by atoms with E-state index in [1.54, 1.807) is 66.5 Å². The van der Waals surface area contributed by atoms with Crippen molar-refractivity contribution in [2.75, 3.05) is 0 Å². The maximum atomic E-state index is 12.4. The van der Waals surface area contributed by atoms with E-state index >= 15 is 0 Å². The average Bonchev–Trinajstić information content (AvgIpc) is 3.23. The van der Waals surface area contributed by atoms with Gasteiger partial charge in [-0.2, -0.15) is 5.10 Å². The third kappa shape index (κ3) is 3.32. The van der Waals surface area contributed by atoms with Crippen LogP contribution in [0.3, 0.4) is 0 Å². The second kappa shape index (κ2) is 6.83. The van der Waals surface area contributed by atoms with Crippen LogP contribution in [0.25, 0.3) is 16.6 Å². The van der Waals surface area contributed by atoms with Gasteiger partial charge in [0, 0.05) is 0 Å².